The highest BCUT2D eigenvalue weighted by Gasteiger charge is 2.44. The summed E-state index contributed by atoms with van der Waals surface area (Å²) in [6.07, 6.45) is 7.00. The molecule has 6 nitrogen and oxygen atoms in total. The summed E-state index contributed by atoms with van der Waals surface area (Å²) in [5.74, 6) is 0.811. The fourth-order valence-corrected chi connectivity index (χ4v) is 4.56. The maximum atomic E-state index is 13.2. The Morgan fingerprint density at radius 1 is 0.926 bits per heavy atom. The summed E-state index contributed by atoms with van der Waals surface area (Å²) in [6, 6.07) is 4.76. The van der Waals surface area contributed by atoms with E-state index in [1.165, 1.54) is 29.0 Å². The van der Waals surface area contributed by atoms with Gasteiger partial charge in [0.2, 0.25) is 5.91 Å². The standard InChI is InChI=1S/C21H26N2O4/c1-26-16-10-15(11-17(12-16)27-2)23-20(24)13-19(21(23)25)22-9-5-7-14-6-3-4-8-18(14)22/h10-12,19H,3-9,13H2,1-2H3. The lowest BCUT2D eigenvalue weighted by Gasteiger charge is -2.39. The van der Waals surface area contributed by atoms with Crippen LogP contribution >= 0.6 is 0 Å². The summed E-state index contributed by atoms with van der Waals surface area (Å²) < 4.78 is 10.6. The zero-order valence-electron chi connectivity index (χ0n) is 16.0. The van der Waals surface area contributed by atoms with Crippen LogP contribution in [0.25, 0.3) is 0 Å². The Bertz CT molecular complexity index is 775. The van der Waals surface area contributed by atoms with Gasteiger partial charge in [-0.2, -0.15) is 0 Å². The van der Waals surface area contributed by atoms with Gasteiger partial charge in [0.15, 0.2) is 0 Å². The highest BCUT2D eigenvalue weighted by atomic mass is 16.5. The molecule has 1 unspecified atom stereocenters. The largest absolute Gasteiger partial charge is 0.497 e. The Kier molecular flexibility index (Phi) is 4.81. The van der Waals surface area contributed by atoms with Gasteiger partial charge in [-0.05, 0) is 38.5 Å². The Labute approximate surface area is 159 Å². The third kappa shape index (κ3) is 3.17. The van der Waals surface area contributed by atoms with Crippen LogP contribution in [0.5, 0.6) is 11.5 Å². The Morgan fingerprint density at radius 3 is 2.30 bits per heavy atom. The average Bonchev–Trinajstić information content (AvgIpc) is 3.00. The fraction of sp³-hybridized carbons (Fsp3) is 0.524. The van der Waals surface area contributed by atoms with Crippen LogP contribution in [0.15, 0.2) is 29.5 Å². The van der Waals surface area contributed by atoms with Crippen LogP contribution in [0.1, 0.15) is 44.9 Å². The van der Waals surface area contributed by atoms with E-state index in [9.17, 15) is 9.59 Å². The number of imide groups is 1. The van der Waals surface area contributed by atoms with Gasteiger partial charge in [-0.25, -0.2) is 4.90 Å². The smallest absolute Gasteiger partial charge is 0.256 e. The molecule has 144 valence electrons. The van der Waals surface area contributed by atoms with Crippen LogP contribution in [0.4, 0.5) is 5.69 Å². The maximum absolute atomic E-state index is 13.2. The predicted molar refractivity (Wildman–Crippen MR) is 102 cm³/mol. The Hall–Kier alpha value is -2.50. The van der Waals surface area contributed by atoms with Gasteiger partial charge in [-0.1, -0.05) is 5.57 Å². The number of nitrogens with zero attached hydrogens (tertiary/aromatic N) is 2. The van der Waals surface area contributed by atoms with Crippen molar-refractivity contribution < 1.29 is 19.1 Å². The summed E-state index contributed by atoms with van der Waals surface area (Å²) in [5.41, 5.74) is 3.33. The summed E-state index contributed by atoms with van der Waals surface area (Å²) in [7, 11) is 3.11. The molecule has 1 aliphatic carbocycles. The van der Waals surface area contributed by atoms with Crippen molar-refractivity contribution in [1.29, 1.82) is 0 Å². The second-order valence-corrected chi connectivity index (χ2v) is 7.41. The zero-order valence-corrected chi connectivity index (χ0v) is 16.0. The quantitative estimate of drug-likeness (QED) is 0.762. The molecule has 2 heterocycles. The number of benzene rings is 1. The van der Waals surface area contributed by atoms with E-state index >= 15 is 0 Å². The van der Waals surface area contributed by atoms with Crippen molar-refractivity contribution in [3.05, 3.63) is 29.5 Å². The minimum atomic E-state index is -0.391. The van der Waals surface area contributed by atoms with Gasteiger partial charge in [0.1, 0.15) is 17.5 Å². The lowest BCUT2D eigenvalue weighted by atomic mass is 9.88. The summed E-state index contributed by atoms with van der Waals surface area (Å²) in [5, 5.41) is 0. The van der Waals surface area contributed by atoms with Gasteiger partial charge < -0.3 is 14.4 Å². The molecule has 1 aromatic carbocycles. The number of hydrogen-bond donors (Lipinski definition) is 0. The average molecular weight is 370 g/mol. The molecular formula is C21H26N2O4. The van der Waals surface area contributed by atoms with Crippen LogP contribution in [-0.4, -0.2) is 43.5 Å². The third-order valence-corrected chi connectivity index (χ3v) is 5.87. The molecule has 3 aliphatic rings. The van der Waals surface area contributed by atoms with Crippen LogP contribution in [0.3, 0.4) is 0 Å². The van der Waals surface area contributed by atoms with E-state index in [4.69, 9.17) is 9.47 Å². The number of allylic oxidation sites excluding steroid dienone is 2. The van der Waals surface area contributed by atoms with Crippen molar-refractivity contribution in [3.8, 4) is 11.5 Å². The molecule has 0 saturated carbocycles. The van der Waals surface area contributed by atoms with Crippen molar-refractivity contribution in [1.82, 2.24) is 4.90 Å². The van der Waals surface area contributed by atoms with Crippen LogP contribution in [0, 0.1) is 0 Å². The lowest BCUT2D eigenvalue weighted by Crippen LogP contribution is -2.44. The van der Waals surface area contributed by atoms with E-state index in [1.54, 1.807) is 32.4 Å². The first-order valence-electron chi connectivity index (χ1n) is 9.70. The number of hydrogen-bond acceptors (Lipinski definition) is 5. The first-order valence-corrected chi connectivity index (χ1v) is 9.70. The van der Waals surface area contributed by atoms with Gasteiger partial charge in [0, 0.05) is 30.4 Å². The number of carbonyl (C=O) groups is 2. The first-order chi connectivity index (χ1) is 13.1. The van der Waals surface area contributed by atoms with E-state index in [-0.39, 0.29) is 18.2 Å². The van der Waals surface area contributed by atoms with E-state index < -0.39 is 6.04 Å². The molecular weight excluding hydrogens is 344 g/mol. The number of ether oxygens (including phenoxy) is 2. The predicted octanol–water partition coefficient (Wildman–Crippen LogP) is 3.26. The van der Waals surface area contributed by atoms with Crippen molar-refractivity contribution in [2.24, 2.45) is 0 Å². The number of anilines is 1. The van der Waals surface area contributed by atoms with Crippen LogP contribution in [0.2, 0.25) is 0 Å². The Morgan fingerprint density at radius 2 is 1.59 bits per heavy atom. The maximum Gasteiger partial charge on any atom is 0.256 e. The van der Waals surface area contributed by atoms with E-state index in [1.807, 2.05) is 0 Å². The van der Waals surface area contributed by atoms with E-state index in [0.717, 1.165) is 32.2 Å². The second kappa shape index (κ2) is 7.25. The molecule has 6 heteroatoms. The minimum Gasteiger partial charge on any atom is -0.497 e. The molecule has 1 saturated heterocycles. The molecule has 0 N–H and O–H groups in total. The normalized spacial score (nSPS) is 23.0. The van der Waals surface area contributed by atoms with Gasteiger partial charge in [0.05, 0.1) is 26.3 Å². The SMILES string of the molecule is COc1cc(OC)cc(N2C(=O)CC(N3CCCC4=C3CCCC4)C2=O)c1. The van der Waals surface area contributed by atoms with Gasteiger partial charge in [0.25, 0.3) is 5.91 Å². The fourth-order valence-electron chi connectivity index (χ4n) is 4.56. The van der Waals surface area contributed by atoms with E-state index in [2.05, 4.69) is 4.90 Å². The number of rotatable bonds is 4. The van der Waals surface area contributed by atoms with Gasteiger partial charge in [-0.15, -0.1) is 0 Å². The highest BCUT2D eigenvalue weighted by molar-refractivity contribution is 6.22. The first kappa shape index (κ1) is 17.9. The zero-order chi connectivity index (χ0) is 19.0. The molecule has 0 radical (unpaired) electrons. The summed E-state index contributed by atoms with van der Waals surface area (Å²) >= 11 is 0. The van der Waals surface area contributed by atoms with Crippen LogP contribution in [-0.2, 0) is 9.59 Å². The highest BCUT2D eigenvalue weighted by Crippen LogP contribution is 2.38. The number of methoxy groups -OCH3 is 2. The lowest BCUT2D eigenvalue weighted by molar-refractivity contribution is -0.122. The molecule has 0 bridgehead atoms. The summed E-state index contributed by atoms with van der Waals surface area (Å²) in [6.45, 7) is 0.859. The third-order valence-electron chi connectivity index (χ3n) is 5.87. The van der Waals surface area contributed by atoms with Crippen LogP contribution < -0.4 is 14.4 Å². The van der Waals surface area contributed by atoms with Gasteiger partial charge in [-0.3, -0.25) is 9.59 Å². The molecule has 1 atom stereocenters. The molecule has 1 fully saturated rings. The number of carbonyl (C=O) groups excluding carboxylic acids is 2. The molecule has 4 rings (SSSR count). The molecule has 2 amide bonds. The monoisotopic (exact) mass is 370 g/mol. The molecule has 2 aliphatic heterocycles. The van der Waals surface area contributed by atoms with Crippen molar-refractivity contribution in [2.45, 2.75) is 51.0 Å². The molecule has 1 aromatic rings. The summed E-state index contributed by atoms with van der Waals surface area (Å²) in [4.78, 5) is 29.5. The molecule has 27 heavy (non-hydrogen) atoms. The van der Waals surface area contributed by atoms with Crippen molar-refractivity contribution in [2.75, 3.05) is 25.7 Å². The number of amides is 2. The molecule has 0 spiro atoms. The van der Waals surface area contributed by atoms with Gasteiger partial charge >= 0.3 is 0 Å². The topological polar surface area (TPSA) is 59.1 Å². The van der Waals surface area contributed by atoms with Crippen molar-refractivity contribution >= 4 is 17.5 Å². The second-order valence-electron chi connectivity index (χ2n) is 7.41. The van der Waals surface area contributed by atoms with Crippen molar-refractivity contribution in [3.63, 3.8) is 0 Å². The minimum absolute atomic E-state index is 0.144. The Balaban J connectivity index is 1.65. The van der Waals surface area contributed by atoms with E-state index in [0.29, 0.717) is 17.2 Å². The molecule has 0 aromatic heterocycles.